The second-order valence-corrected chi connectivity index (χ2v) is 5.12. The zero-order valence-corrected chi connectivity index (χ0v) is 11.6. The first-order valence-corrected chi connectivity index (χ1v) is 7.02. The first-order chi connectivity index (χ1) is 10.2. The van der Waals surface area contributed by atoms with Crippen molar-refractivity contribution >= 4 is 0 Å². The first-order valence-electron chi connectivity index (χ1n) is 7.02. The summed E-state index contributed by atoms with van der Waals surface area (Å²) in [6.07, 6.45) is 1.22. The molecule has 1 atom stereocenters. The molecule has 2 aromatic rings. The highest BCUT2D eigenvalue weighted by Crippen LogP contribution is 2.29. The molecule has 0 fully saturated rings. The van der Waals surface area contributed by atoms with E-state index < -0.39 is 0 Å². The molecule has 3 rings (SSSR count). The lowest BCUT2D eigenvalue weighted by Gasteiger charge is -2.12. The second kappa shape index (κ2) is 6.14. The average Bonchev–Trinajstić information content (AvgIpc) is 2.89. The Bertz CT molecular complexity index is 610. The Kier molecular flexibility index (Phi) is 4.06. The van der Waals surface area contributed by atoms with Crippen molar-refractivity contribution in [2.45, 2.75) is 18.9 Å². The standard InChI is InChI=1S/C17H17FO3/c18-14-3-6-17-13(9-14)10-16(21-17)11-20-15-4-1-12(2-5-15)7-8-19/h1-6,9,16,19H,7-8,10-11H2. The van der Waals surface area contributed by atoms with Crippen LogP contribution in [0.4, 0.5) is 4.39 Å². The van der Waals surface area contributed by atoms with E-state index in [1.165, 1.54) is 12.1 Å². The van der Waals surface area contributed by atoms with E-state index in [9.17, 15) is 4.39 Å². The van der Waals surface area contributed by atoms with Gasteiger partial charge >= 0.3 is 0 Å². The summed E-state index contributed by atoms with van der Waals surface area (Å²) in [5.74, 6) is 1.27. The molecule has 110 valence electrons. The Balaban J connectivity index is 1.55. The Labute approximate surface area is 122 Å². The number of aliphatic hydroxyl groups excluding tert-OH is 1. The molecular formula is C17H17FO3. The predicted octanol–water partition coefficient (Wildman–Crippen LogP) is 2.74. The quantitative estimate of drug-likeness (QED) is 0.919. The van der Waals surface area contributed by atoms with Crippen LogP contribution in [0.2, 0.25) is 0 Å². The van der Waals surface area contributed by atoms with Gasteiger partial charge in [0.1, 0.15) is 30.0 Å². The number of halogens is 1. The van der Waals surface area contributed by atoms with Gasteiger partial charge in [-0.25, -0.2) is 4.39 Å². The number of aliphatic hydroxyl groups is 1. The zero-order chi connectivity index (χ0) is 14.7. The summed E-state index contributed by atoms with van der Waals surface area (Å²) >= 11 is 0. The average molecular weight is 288 g/mol. The number of benzene rings is 2. The van der Waals surface area contributed by atoms with Gasteiger partial charge in [0.2, 0.25) is 0 Å². The van der Waals surface area contributed by atoms with E-state index in [1.54, 1.807) is 6.07 Å². The fourth-order valence-corrected chi connectivity index (χ4v) is 2.45. The highest BCUT2D eigenvalue weighted by Gasteiger charge is 2.23. The maximum atomic E-state index is 13.1. The van der Waals surface area contributed by atoms with Crippen molar-refractivity contribution < 1.29 is 19.0 Å². The maximum Gasteiger partial charge on any atom is 0.137 e. The third kappa shape index (κ3) is 3.34. The van der Waals surface area contributed by atoms with Gasteiger partial charge in [0.05, 0.1) is 0 Å². The van der Waals surface area contributed by atoms with E-state index >= 15 is 0 Å². The molecular weight excluding hydrogens is 271 g/mol. The lowest BCUT2D eigenvalue weighted by atomic mass is 10.1. The van der Waals surface area contributed by atoms with Crippen molar-refractivity contribution in [3.63, 3.8) is 0 Å². The Hall–Kier alpha value is -2.07. The van der Waals surface area contributed by atoms with E-state index in [0.717, 1.165) is 22.6 Å². The molecule has 0 spiro atoms. The van der Waals surface area contributed by atoms with Crippen LogP contribution in [0.25, 0.3) is 0 Å². The molecule has 0 saturated carbocycles. The minimum atomic E-state index is -0.238. The van der Waals surface area contributed by atoms with Crippen LogP contribution in [0.15, 0.2) is 42.5 Å². The lowest BCUT2D eigenvalue weighted by molar-refractivity contribution is 0.148. The topological polar surface area (TPSA) is 38.7 Å². The molecule has 1 aliphatic rings. The summed E-state index contributed by atoms with van der Waals surface area (Å²) in [5, 5.41) is 8.87. The van der Waals surface area contributed by atoms with Gasteiger partial charge in [-0.15, -0.1) is 0 Å². The van der Waals surface area contributed by atoms with Crippen LogP contribution in [0.3, 0.4) is 0 Å². The molecule has 0 amide bonds. The van der Waals surface area contributed by atoms with E-state index in [-0.39, 0.29) is 18.5 Å². The highest BCUT2D eigenvalue weighted by atomic mass is 19.1. The summed E-state index contributed by atoms with van der Waals surface area (Å²) in [6.45, 7) is 0.570. The Morgan fingerprint density at radius 1 is 1.19 bits per heavy atom. The Morgan fingerprint density at radius 2 is 2.00 bits per heavy atom. The van der Waals surface area contributed by atoms with Crippen LogP contribution in [-0.2, 0) is 12.8 Å². The highest BCUT2D eigenvalue weighted by molar-refractivity contribution is 5.38. The summed E-state index contributed by atoms with van der Waals surface area (Å²) in [6, 6.07) is 12.2. The van der Waals surface area contributed by atoms with Crippen LogP contribution in [-0.4, -0.2) is 24.4 Å². The molecule has 0 aromatic heterocycles. The van der Waals surface area contributed by atoms with Gasteiger partial charge in [-0.3, -0.25) is 0 Å². The van der Waals surface area contributed by atoms with E-state index in [0.29, 0.717) is 19.4 Å². The number of hydrogen-bond acceptors (Lipinski definition) is 3. The predicted molar refractivity (Wildman–Crippen MR) is 77.2 cm³/mol. The molecule has 1 heterocycles. The largest absolute Gasteiger partial charge is 0.490 e. The molecule has 0 bridgehead atoms. The third-order valence-electron chi connectivity index (χ3n) is 3.52. The van der Waals surface area contributed by atoms with Crippen molar-refractivity contribution in [3.8, 4) is 11.5 Å². The normalized spacial score (nSPS) is 16.4. The summed E-state index contributed by atoms with van der Waals surface area (Å²) < 4.78 is 24.6. The van der Waals surface area contributed by atoms with Crippen molar-refractivity contribution in [2.24, 2.45) is 0 Å². The maximum absolute atomic E-state index is 13.1. The number of fused-ring (bicyclic) bond motifs is 1. The Morgan fingerprint density at radius 3 is 2.76 bits per heavy atom. The summed E-state index contributed by atoms with van der Waals surface area (Å²) in [7, 11) is 0. The zero-order valence-electron chi connectivity index (χ0n) is 11.6. The summed E-state index contributed by atoms with van der Waals surface area (Å²) in [5.41, 5.74) is 1.96. The van der Waals surface area contributed by atoms with Crippen LogP contribution in [0.1, 0.15) is 11.1 Å². The van der Waals surface area contributed by atoms with Gasteiger partial charge in [0.15, 0.2) is 0 Å². The number of hydrogen-bond donors (Lipinski definition) is 1. The van der Waals surface area contributed by atoms with Crippen molar-refractivity contribution in [2.75, 3.05) is 13.2 Å². The molecule has 0 radical (unpaired) electrons. The van der Waals surface area contributed by atoms with E-state index in [4.69, 9.17) is 14.6 Å². The molecule has 1 aliphatic heterocycles. The van der Waals surface area contributed by atoms with Crippen LogP contribution >= 0.6 is 0 Å². The lowest BCUT2D eigenvalue weighted by Crippen LogP contribution is -2.22. The smallest absolute Gasteiger partial charge is 0.137 e. The van der Waals surface area contributed by atoms with Crippen molar-refractivity contribution in [1.82, 2.24) is 0 Å². The van der Waals surface area contributed by atoms with Gasteiger partial charge in [-0.05, 0) is 42.3 Å². The van der Waals surface area contributed by atoms with Gasteiger partial charge in [-0.1, -0.05) is 12.1 Å². The van der Waals surface area contributed by atoms with Gasteiger partial charge in [0, 0.05) is 18.6 Å². The third-order valence-corrected chi connectivity index (χ3v) is 3.52. The summed E-state index contributed by atoms with van der Waals surface area (Å²) in [4.78, 5) is 0. The molecule has 0 saturated heterocycles. The minimum absolute atomic E-state index is 0.0843. The second-order valence-electron chi connectivity index (χ2n) is 5.12. The van der Waals surface area contributed by atoms with E-state index in [2.05, 4.69) is 0 Å². The molecule has 1 N–H and O–H groups in total. The van der Waals surface area contributed by atoms with Gasteiger partial charge < -0.3 is 14.6 Å². The van der Waals surface area contributed by atoms with Gasteiger partial charge in [-0.2, -0.15) is 0 Å². The van der Waals surface area contributed by atoms with Crippen LogP contribution in [0.5, 0.6) is 11.5 Å². The van der Waals surface area contributed by atoms with Crippen molar-refractivity contribution in [1.29, 1.82) is 0 Å². The minimum Gasteiger partial charge on any atom is -0.490 e. The first kappa shape index (κ1) is 13.9. The molecule has 4 heteroatoms. The number of rotatable bonds is 5. The number of ether oxygens (including phenoxy) is 2. The molecule has 2 aromatic carbocycles. The van der Waals surface area contributed by atoms with Crippen LogP contribution < -0.4 is 9.47 Å². The van der Waals surface area contributed by atoms with E-state index in [1.807, 2.05) is 24.3 Å². The molecule has 0 aliphatic carbocycles. The monoisotopic (exact) mass is 288 g/mol. The van der Waals surface area contributed by atoms with Gasteiger partial charge in [0.25, 0.3) is 0 Å². The SMILES string of the molecule is OCCc1ccc(OCC2Cc3cc(F)ccc3O2)cc1. The molecule has 1 unspecified atom stereocenters. The molecule has 3 nitrogen and oxygen atoms in total. The fraction of sp³-hybridized carbons (Fsp3) is 0.294. The fourth-order valence-electron chi connectivity index (χ4n) is 2.45. The van der Waals surface area contributed by atoms with Crippen molar-refractivity contribution in [3.05, 3.63) is 59.4 Å². The van der Waals surface area contributed by atoms with Crippen LogP contribution in [0, 0.1) is 5.82 Å². The molecule has 21 heavy (non-hydrogen) atoms.